The van der Waals surface area contributed by atoms with Crippen molar-refractivity contribution in [3.63, 3.8) is 0 Å². The molecule has 3 aliphatic rings. The lowest BCUT2D eigenvalue weighted by Crippen LogP contribution is -2.82. The first kappa shape index (κ1) is 17.6. The van der Waals surface area contributed by atoms with Crippen LogP contribution in [0.5, 0.6) is 0 Å². The van der Waals surface area contributed by atoms with E-state index in [0.29, 0.717) is 0 Å². The summed E-state index contributed by atoms with van der Waals surface area (Å²) in [6, 6.07) is 0. The quantitative estimate of drug-likeness (QED) is 0.796. The number of aliphatic hydroxyl groups is 1. The highest BCUT2D eigenvalue weighted by Gasteiger charge is 2.84. The predicted molar refractivity (Wildman–Crippen MR) is 82.7 cm³/mol. The van der Waals surface area contributed by atoms with E-state index in [-0.39, 0.29) is 6.61 Å². The fraction of sp³-hybridized carbons (Fsp3) is 1.00. The second-order valence-corrected chi connectivity index (χ2v) is 8.74. The molecule has 5 atom stereocenters. The summed E-state index contributed by atoms with van der Waals surface area (Å²) >= 11 is 0. The SMILES string of the molecule is CC1(C)O[C@@]2(C)O[C@@](C)(CO)[C@]3(C)OC(C)(C)O[C@@]3(C)[C@@]2(C)O1. The Morgan fingerprint density at radius 1 is 0.565 bits per heavy atom. The second kappa shape index (κ2) is 4.11. The molecule has 3 rings (SSSR count). The highest BCUT2D eigenvalue weighted by Crippen LogP contribution is 2.66. The Morgan fingerprint density at radius 3 is 1.52 bits per heavy atom. The maximum Gasteiger partial charge on any atom is 0.201 e. The van der Waals surface area contributed by atoms with Gasteiger partial charge in [0.25, 0.3) is 0 Å². The Labute approximate surface area is 138 Å². The van der Waals surface area contributed by atoms with E-state index in [0.717, 1.165) is 0 Å². The standard InChI is InChI=1S/C17H30O6/c1-11(2)19-14(6)13(5,10-18)23-17(9)16(8,15(14,7)20-11)21-12(3,4)22-17/h18H,10H2,1-9H3/t13-,14-,15+,16+,17-/m0/s1. The fourth-order valence-electron chi connectivity index (χ4n) is 4.89. The molecule has 3 heterocycles. The maximum absolute atomic E-state index is 10.1. The summed E-state index contributed by atoms with van der Waals surface area (Å²) in [5, 5.41) is 10.1. The molecule has 0 radical (unpaired) electrons. The van der Waals surface area contributed by atoms with Gasteiger partial charge in [0.1, 0.15) is 16.8 Å². The highest BCUT2D eigenvalue weighted by atomic mass is 16.9. The highest BCUT2D eigenvalue weighted by molar-refractivity contribution is 5.28. The molecule has 0 aromatic rings. The largest absolute Gasteiger partial charge is 0.393 e. The molecule has 23 heavy (non-hydrogen) atoms. The van der Waals surface area contributed by atoms with E-state index in [4.69, 9.17) is 23.7 Å². The van der Waals surface area contributed by atoms with Crippen LogP contribution in [0.1, 0.15) is 62.3 Å². The zero-order valence-electron chi connectivity index (χ0n) is 15.7. The van der Waals surface area contributed by atoms with E-state index in [2.05, 4.69) is 0 Å². The summed E-state index contributed by atoms with van der Waals surface area (Å²) in [5.41, 5.74) is -3.79. The minimum absolute atomic E-state index is 0.228. The molecule has 134 valence electrons. The van der Waals surface area contributed by atoms with Crippen molar-refractivity contribution in [1.29, 1.82) is 0 Å². The van der Waals surface area contributed by atoms with Gasteiger partial charge >= 0.3 is 0 Å². The monoisotopic (exact) mass is 330 g/mol. The Bertz CT molecular complexity index is 547. The van der Waals surface area contributed by atoms with Gasteiger partial charge in [-0.25, -0.2) is 0 Å². The molecular weight excluding hydrogens is 300 g/mol. The molecule has 3 fully saturated rings. The molecular formula is C17H30O6. The van der Waals surface area contributed by atoms with Crippen molar-refractivity contribution < 1.29 is 28.8 Å². The lowest BCUT2D eigenvalue weighted by atomic mass is 9.61. The Morgan fingerprint density at radius 2 is 1.00 bits per heavy atom. The molecule has 0 aromatic heterocycles. The summed E-state index contributed by atoms with van der Waals surface area (Å²) in [5.74, 6) is -2.77. The normalized spacial score (nSPS) is 57.1. The number of hydrogen-bond donors (Lipinski definition) is 1. The lowest BCUT2D eigenvalue weighted by Gasteiger charge is -2.63. The minimum atomic E-state index is -1.09. The van der Waals surface area contributed by atoms with E-state index in [1.807, 2.05) is 62.3 Å². The van der Waals surface area contributed by atoms with Crippen LogP contribution in [-0.2, 0) is 23.7 Å². The molecule has 0 spiro atoms. The Hall–Kier alpha value is -0.240. The third-order valence-corrected chi connectivity index (χ3v) is 6.21. The molecule has 3 saturated heterocycles. The summed E-state index contributed by atoms with van der Waals surface area (Å²) in [6.45, 7) is 16.7. The third kappa shape index (κ3) is 1.80. The average Bonchev–Trinajstić information content (AvgIpc) is 2.65. The fourth-order valence-corrected chi connectivity index (χ4v) is 4.89. The Kier molecular flexibility index (Phi) is 3.14. The molecule has 0 unspecified atom stereocenters. The van der Waals surface area contributed by atoms with Crippen molar-refractivity contribution in [1.82, 2.24) is 0 Å². The second-order valence-electron chi connectivity index (χ2n) is 8.74. The van der Waals surface area contributed by atoms with Crippen molar-refractivity contribution in [2.75, 3.05) is 6.61 Å². The lowest BCUT2D eigenvalue weighted by molar-refractivity contribution is -0.395. The minimum Gasteiger partial charge on any atom is -0.393 e. The zero-order chi connectivity index (χ0) is 17.7. The number of ether oxygens (including phenoxy) is 5. The van der Waals surface area contributed by atoms with Crippen LogP contribution in [0.15, 0.2) is 0 Å². The molecule has 0 bridgehead atoms. The van der Waals surface area contributed by atoms with E-state index in [1.165, 1.54) is 0 Å². The van der Waals surface area contributed by atoms with E-state index < -0.39 is 39.8 Å². The van der Waals surface area contributed by atoms with Gasteiger partial charge in [0.15, 0.2) is 17.2 Å². The number of hydrogen-bond acceptors (Lipinski definition) is 6. The Balaban J connectivity index is 2.26. The number of aliphatic hydroxyl groups excluding tert-OH is 1. The topological polar surface area (TPSA) is 66.4 Å². The number of rotatable bonds is 1. The average molecular weight is 330 g/mol. The van der Waals surface area contributed by atoms with Crippen LogP contribution >= 0.6 is 0 Å². The predicted octanol–water partition coefficient (Wildman–Crippen LogP) is 2.33. The smallest absolute Gasteiger partial charge is 0.201 e. The first-order valence-electron chi connectivity index (χ1n) is 8.21. The van der Waals surface area contributed by atoms with E-state index in [1.54, 1.807) is 0 Å². The van der Waals surface area contributed by atoms with Gasteiger partial charge in [0.2, 0.25) is 5.79 Å². The van der Waals surface area contributed by atoms with Gasteiger partial charge in [-0.2, -0.15) is 0 Å². The number of fused-ring (bicyclic) bond motifs is 3. The zero-order valence-corrected chi connectivity index (χ0v) is 15.7. The third-order valence-electron chi connectivity index (χ3n) is 6.21. The van der Waals surface area contributed by atoms with Gasteiger partial charge in [-0.1, -0.05) is 0 Å². The van der Waals surface area contributed by atoms with Gasteiger partial charge in [0, 0.05) is 0 Å². The van der Waals surface area contributed by atoms with Crippen molar-refractivity contribution in [3.05, 3.63) is 0 Å². The molecule has 0 aromatic carbocycles. The first-order valence-corrected chi connectivity index (χ1v) is 8.21. The van der Waals surface area contributed by atoms with Gasteiger partial charge < -0.3 is 28.8 Å². The summed E-state index contributed by atoms with van der Waals surface area (Å²) < 4.78 is 31.5. The molecule has 3 aliphatic heterocycles. The van der Waals surface area contributed by atoms with Crippen molar-refractivity contribution >= 4 is 0 Å². The van der Waals surface area contributed by atoms with E-state index in [9.17, 15) is 5.11 Å². The van der Waals surface area contributed by atoms with Crippen LogP contribution in [0.2, 0.25) is 0 Å². The summed E-state index contributed by atoms with van der Waals surface area (Å²) in [7, 11) is 0. The van der Waals surface area contributed by atoms with Gasteiger partial charge in [0.05, 0.1) is 6.61 Å². The van der Waals surface area contributed by atoms with Gasteiger partial charge in [-0.05, 0) is 62.3 Å². The van der Waals surface area contributed by atoms with Crippen LogP contribution in [0.4, 0.5) is 0 Å². The summed E-state index contributed by atoms with van der Waals surface area (Å²) in [6.07, 6.45) is 0. The summed E-state index contributed by atoms with van der Waals surface area (Å²) in [4.78, 5) is 0. The molecule has 0 saturated carbocycles. The molecule has 0 aliphatic carbocycles. The van der Waals surface area contributed by atoms with Crippen LogP contribution < -0.4 is 0 Å². The van der Waals surface area contributed by atoms with Crippen LogP contribution in [0, 0.1) is 0 Å². The molecule has 1 N–H and O–H groups in total. The van der Waals surface area contributed by atoms with Crippen molar-refractivity contribution in [2.45, 2.75) is 102 Å². The molecule has 6 heteroatoms. The van der Waals surface area contributed by atoms with Crippen molar-refractivity contribution in [3.8, 4) is 0 Å². The van der Waals surface area contributed by atoms with Crippen LogP contribution in [-0.4, -0.2) is 51.5 Å². The van der Waals surface area contributed by atoms with Gasteiger partial charge in [-0.3, -0.25) is 0 Å². The van der Waals surface area contributed by atoms with Gasteiger partial charge in [-0.15, -0.1) is 0 Å². The van der Waals surface area contributed by atoms with Crippen LogP contribution in [0.3, 0.4) is 0 Å². The molecule has 0 amide bonds. The van der Waals surface area contributed by atoms with Crippen molar-refractivity contribution in [2.24, 2.45) is 0 Å². The van der Waals surface area contributed by atoms with E-state index >= 15 is 0 Å². The first-order chi connectivity index (χ1) is 10.1. The molecule has 6 nitrogen and oxygen atoms in total. The van der Waals surface area contributed by atoms with Crippen LogP contribution in [0.25, 0.3) is 0 Å². The maximum atomic E-state index is 10.1.